The molecule has 0 aliphatic carbocycles. The van der Waals surface area contributed by atoms with E-state index in [9.17, 15) is 9.59 Å². The van der Waals surface area contributed by atoms with Crippen LogP contribution in [0.4, 0.5) is 4.79 Å². The molecule has 1 saturated heterocycles. The summed E-state index contributed by atoms with van der Waals surface area (Å²) in [6.07, 6.45) is 3.59. The number of aromatic nitrogens is 2. The van der Waals surface area contributed by atoms with Gasteiger partial charge in [0.05, 0.1) is 17.9 Å². The van der Waals surface area contributed by atoms with Crippen LogP contribution in [0.15, 0.2) is 36.5 Å². The van der Waals surface area contributed by atoms with E-state index >= 15 is 0 Å². The monoisotopic (exact) mass is 412 g/mol. The number of ether oxygens (including phenoxy) is 1. The molecule has 7 heteroatoms. The van der Waals surface area contributed by atoms with Gasteiger partial charge in [-0.25, -0.2) is 9.78 Å². The Morgan fingerprint density at radius 3 is 2.53 bits per heavy atom. The lowest BCUT2D eigenvalue weighted by atomic mass is 9.93. The Balaban J connectivity index is 1.45. The highest BCUT2D eigenvalue weighted by Crippen LogP contribution is 2.23. The van der Waals surface area contributed by atoms with Crippen molar-refractivity contribution < 1.29 is 14.3 Å². The zero-order valence-corrected chi connectivity index (χ0v) is 18.3. The zero-order valence-electron chi connectivity index (χ0n) is 18.3. The van der Waals surface area contributed by atoms with Gasteiger partial charge in [0.15, 0.2) is 0 Å². The van der Waals surface area contributed by atoms with Gasteiger partial charge in [0, 0.05) is 19.5 Å². The molecule has 1 aliphatic heterocycles. The number of amides is 2. The van der Waals surface area contributed by atoms with E-state index in [1.165, 1.54) is 0 Å². The molecule has 0 saturated carbocycles. The van der Waals surface area contributed by atoms with E-state index in [-0.39, 0.29) is 24.0 Å². The smallest absolute Gasteiger partial charge is 0.410 e. The molecule has 1 aromatic carbocycles. The zero-order chi connectivity index (χ0) is 21.7. The molecule has 1 aromatic heterocycles. The van der Waals surface area contributed by atoms with Gasteiger partial charge in [0.2, 0.25) is 5.91 Å². The molecule has 1 fully saturated rings. The van der Waals surface area contributed by atoms with E-state index in [4.69, 9.17) is 4.74 Å². The fraction of sp³-hybridized carbons (Fsp3) is 0.522. The number of nitrogens with one attached hydrogen (secondary N) is 2. The van der Waals surface area contributed by atoms with Crippen LogP contribution in [0.25, 0.3) is 11.3 Å². The summed E-state index contributed by atoms with van der Waals surface area (Å²) in [5.74, 6) is 1.02. The first-order valence-electron chi connectivity index (χ1n) is 10.6. The van der Waals surface area contributed by atoms with Crippen LogP contribution in [-0.2, 0) is 9.53 Å². The van der Waals surface area contributed by atoms with Crippen molar-refractivity contribution in [3.8, 4) is 11.3 Å². The van der Waals surface area contributed by atoms with Gasteiger partial charge in [-0.2, -0.15) is 0 Å². The second-order valence-electron chi connectivity index (χ2n) is 8.95. The van der Waals surface area contributed by atoms with Crippen LogP contribution >= 0.6 is 0 Å². The summed E-state index contributed by atoms with van der Waals surface area (Å²) < 4.78 is 5.43. The second-order valence-corrected chi connectivity index (χ2v) is 8.95. The predicted octanol–water partition coefficient (Wildman–Crippen LogP) is 4.29. The summed E-state index contributed by atoms with van der Waals surface area (Å²) in [6, 6.07) is 9.78. The molecule has 30 heavy (non-hydrogen) atoms. The van der Waals surface area contributed by atoms with Crippen LogP contribution in [0.1, 0.15) is 58.8 Å². The van der Waals surface area contributed by atoms with Gasteiger partial charge in [-0.15, -0.1) is 0 Å². The van der Waals surface area contributed by atoms with Crippen molar-refractivity contribution in [2.24, 2.45) is 5.92 Å². The molecule has 3 rings (SSSR count). The van der Waals surface area contributed by atoms with Gasteiger partial charge < -0.3 is 19.9 Å². The predicted molar refractivity (Wildman–Crippen MR) is 116 cm³/mol. The van der Waals surface area contributed by atoms with Gasteiger partial charge in [0.1, 0.15) is 11.4 Å². The summed E-state index contributed by atoms with van der Waals surface area (Å²) >= 11 is 0. The third-order valence-corrected chi connectivity index (χ3v) is 5.21. The average molecular weight is 413 g/mol. The van der Waals surface area contributed by atoms with Crippen molar-refractivity contribution in [1.29, 1.82) is 0 Å². The van der Waals surface area contributed by atoms with Crippen molar-refractivity contribution >= 4 is 12.0 Å². The lowest BCUT2D eigenvalue weighted by Crippen LogP contribution is -2.42. The number of benzene rings is 1. The van der Waals surface area contributed by atoms with E-state index in [1.54, 1.807) is 11.1 Å². The molecule has 0 radical (unpaired) electrons. The molecule has 162 valence electrons. The van der Waals surface area contributed by atoms with Gasteiger partial charge in [0.25, 0.3) is 0 Å². The van der Waals surface area contributed by atoms with Crippen LogP contribution < -0.4 is 5.32 Å². The fourth-order valence-corrected chi connectivity index (χ4v) is 3.60. The lowest BCUT2D eigenvalue weighted by molar-refractivity contribution is -0.123. The van der Waals surface area contributed by atoms with Crippen LogP contribution in [0.2, 0.25) is 0 Å². The molecule has 2 amide bonds. The normalized spacial score (nSPS) is 16.2. The maximum absolute atomic E-state index is 12.5. The largest absolute Gasteiger partial charge is 0.444 e. The highest BCUT2D eigenvalue weighted by Gasteiger charge is 2.28. The Labute approximate surface area is 178 Å². The maximum atomic E-state index is 12.5. The van der Waals surface area contributed by atoms with Gasteiger partial charge in [-0.3, -0.25) is 4.79 Å². The number of piperidine rings is 1. The maximum Gasteiger partial charge on any atom is 0.410 e. The van der Waals surface area contributed by atoms with Crippen molar-refractivity contribution in [1.82, 2.24) is 20.2 Å². The summed E-state index contributed by atoms with van der Waals surface area (Å²) in [5, 5.41) is 3.04. The molecule has 0 bridgehead atoms. The summed E-state index contributed by atoms with van der Waals surface area (Å²) in [7, 11) is 0. The molecule has 1 unspecified atom stereocenters. The third-order valence-electron chi connectivity index (χ3n) is 5.21. The molecular formula is C23H32N4O3. The molecule has 1 atom stereocenters. The van der Waals surface area contributed by atoms with Crippen LogP contribution in [0, 0.1) is 5.92 Å². The minimum absolute atomic E-state index is 0.0101. The number of nitrogens with zero attached hydrogens (tertiary/aromatic N) is 2. The van der Waals surface area contributed by atoms with E-state index in [0.29, 0.717) is 19.5 Å². The molecule has 2 aromatic rings. The summed E-state index contributed by atoms with van der Waals surface area (Å²) in [5.41, 5.74) is 1.50. The molecule has 2 N–H and O–H groups in total. The highest BCUT2D eigenvalue weighted by atomic mass is 16.6. The molecule has 2 heterocycles. The van der Waals surface area contributed by atoms with Crippen LogP contribution in [0.3, 0.4) is 0 Å². The van der Waals surface area contributed by atoms with E-state index in [1.807, 2.05) is 58.0 Å². The van der Waals surface area contributed by atoms with Crippen molar-refractivity contribution in [2.75, 3.05) is 13.1 Å². The standard InChI is InChI=1S/C23H32N4O3/c1-16(21-24-15-19(26-21)18-8-6-5-7-9-18)25-20(28)14-17-10-12-27(13-11-17)22(29)30-23(2,3)4/h5-9,15-17H,10-14H2,1-4H3,(H,24,26)(H,25,28). The van der Waals surface area contributed by atoms with Crippen LogP contribution in [0.5, 0.6) is 0 Å². The number of rotatable bonds is 5. The Hall–Kier alpha value is -2.83. The first kappa shape index (κ1) is 21.9. The third kappa shape index (κ3) is 6.08. The average Bonchev–Trinajstić information content (AvgIpc) is 3.18. The first-order valence-corrected chi connectivity index (χ1v) is 10.6. The van der Waals surface area contributed by atoms with E-state index in [2.05, 4.69) is 15.3 Å². The molecular weight excluding hydrogens is 380 g/mol. The van der Waals surface area contributed by atoms with Crippen LogP contribution in [-0.4, -0.2) is 45.6 Å². The number of hydrogen-bond donors (Lipinski definition) is 2. The molecule has 7 nitrogen and oxygen atoms in total. The van der Waals surface area contributed by atoms with Crippen molar-refractivity contribution in [2.45, 2.75) is 58.6 Å². The number of likely N-dealkylation sites (tertiary alicyclic amines) is 1. The number of imidazole rings is 1. The Kier molecular flexibility index (Phi) is 6.80. The Morgan fingerprint density at radius 1 is 1.23 bits per heavy atom. The van der Waals surface area contributed by atoms with Gasteiger partial charge in [-0.05, 0) is 52.0 Å². The number of H-pyrrole nitrogens is 1. The van der Waals surface area contributed by atoms with Gasteiger partial charge in [-0.1, -0.05) is 30.3 Å². The number of aromatic amines is 1. The SMILES string of the molecule is CC(NC(=O)CC1CCN(C(=O)OC(C)(C)C)CC1)c1ncc(-c2ccccc2)[nH]1. The summed E-state index contributed by atoms with van der Waals surface area (Å²) in [6.45, 7) is 8.78. The Bertz CT molecular complexity index is 849. The number of carbonyl (C=O) groups is 2. The molecule has 1 aliphatic rings. The minimum atomic E-state index is -0.490. The van der Waals surface area contributed by atoms with Gasteiger partial charge >= 0.3 is 6.09 Å². The van der Waals surface area contributed by atoms with Crippen molar-refractivity contribution in [3.05, 3.63) is 42.4 Å². The lowest BCUT2D eigenvalue weighted by Gasteiger charge is -2.33. The number of carbonyl (C=O) groups excluding carboxylic acids is 2. The Morgan fingerprint density at radius 2 is 1.90 bits per heavy atom. The topological polar surface area (TPSA) is 87.3 Å². The number of hydrogen-bond acceptors (Lipinski definition) is 4. The second kappa shape index (κ2) is 9.32. The minimum Gasteiger partial charge on any atom is -0.444 e. The quantitative estimate of drug-likeness (QED) is 0.767. The summed E-state index contributed by atoms with van der Waals surface area (Å²) in [4.78, 5) is 34.1. The fourth-order valence-electron chi connectivity index (χ4n) is 3.60. The van der Waals surface area contributed by atoms with E-state index < -0.39 is 5.60 Å². The highest BCUT2D eigenvalue weighted by molar-refractivity contribution is 5.76. The molecule has 0 spiro atoms. The first-order chi connectivity index (χ1) is 14.2. The van der Waals surface area contributed by atoms with E-state index in [0.717, 1.165) is 29.9 Å². The van der Waals surface area contributed by atoms with Crippen molar-refractivity contribution in [3.63, 3.8) is 0 Å².